The van der Waals surface area contributed by atoms with Crippen molar-refractivity contribution >= 4 is 39.1 Å². The van der Waals surface area contributed by atoms with Crippen molar-refractivity contribution in [1.82, 2.24) is 10.2 Å². The summed E-state index contributed by atoms with van der Waals surface area (Å²) in [6.45, 7) is 8.89. The lowest BCUT2D eigenvalue weighted by Crippen LogP contribution is -2.54. The van der Waals surface area contributed by atoms with Crippen LogP contribution in [0.15, 0.2) is 102 Å². The van der Waals surface area contributed by atoms with E-state index in [2.05, 4.69) is 5.32 Å². The first kappa shape index (κ1) is 33.7. The molecule has 0 aliphatic heterocycles. The van der Waals surface area contributed by atoms with Gasteiger partial charge in [0.2, 0.25) is 11.8 Å². The summed E-state index contributed by atoms with van der Waals surface area (Å²) in [6.07, 6.45) is 0.236. The zero-order valence-electron chi connectivity index (χ0n) is 26.3. The number of benzene rings is 4. The minimum atomic E-state index is -4.17. The SMILES string of the molecule is Cc1ccc(S(=O)(=O)N(CC(=O)N(Cc2cccc(Cl)c2)[C@@H](Cc2ccccc2)C(=O)NC(C)C)c2cc(C)cc(C)c2)cc1. The molecule has 4 aromatic rings. The highest BCUT2D eigenvalue weighted by Crippen LogP contribution is 2.27. The van der Waals surface area contributed by atoms with Crippen LogP contribution in [-0.4, -0.2) is 43.8 Å². The number of carbonyl (C=O) groups is 2. The zero-order valence-corrected chi connectivity index (χ0v) is 27.9. The number of hydrogen-bond acceptors (Lipinski definition) is 4. The Kier molecular flexibility index (Phi) is 11.1. The average molecular weight is 646 g/mol. The number of nitrogens with zero attached hydrogens (tertiary/aromatic N) is 2. The second-order valence-corrected chi connectivity index (χ2v) is 14.0. The van der Waals surface area contributed by atoms with Gasteiger partial charge < -0.3 is 10.2 Å². The third-order valence-electron chi connectivity index (χ3n) is 7.33. The van der Waals surface area contributed by atoms with Crippen molar-refractivity contribution in [2.45, 2.75) is 64.6 Å². The molecule has 0 radical (unpaired) electrons. The zero-order chi connectivity index (χ0) is 32.7. The van der Waals surface area contributed by atoms with Crippen LogP contribution in [0.25, 0.3) is 0 Å². The highest BCUT2D eigenvalue weighted by molar-refractivity contribution is 7.92. The van der Waals surface area contributed by atoms with Gasteiger partial charge in [-0.3, -0.25) is 13.9 Å². The maximum Gasteiger partial charge on any atom is 0.264 e. The van der Waals surface area contributed by atoms with E-state index in [4.69, 9.17) is 11.6 Å². The van der Waals surface area contributed by atoms with E-state index in [0.717, 1.165) is 26.6 Å². The van der Waals surface area contributed by atoms with Crippen LogP contribution < -0.4 is 9.62 Å². The molecule has 1 N–H and O–H groups in total. The molecule has 236 valence electrons. The van der Waals surface area contributed by atoms with Crippen LogP contribution in [-0.2, 0) is 32.6 Å². The molecule has 7 nitrogen and oxygen atoms in total. The fraction of sp³-hybridized carbons (Fsp3) is 0.278. The Morgan fingerprint density at radius 2 is 1.40 bits per heavy atom. The third kappa shape index (κ3) is 8.96. The molecule has 0 aromatic heterocycles. The second-order valence-electron chi connectivity index (χ2n) is 11.7. The van der Waals surface area contributed by atoms with Gasteiger partial charge in [0.25, 0.3) is 10.0 Å². The van der Waals surface area contributed by atoms with E-state index in [9.17, 15) is 18.0 Å². The van der Waals surface area contributed by atoms with Gasteiger partial charge in [-0.05, 0) is 93.3 Å². The van der Waals surface area contributed by atoms with Crippen LogP contribution in [0.3, 0.4) is 0 Å². The number of rotatable bonds is 12. The molecule has 0 heterocycles. The molecule has 0 aliphatic rings. The van der Waals surface area contributed by atoms with E-state index in [1.54, 1.807) is 54.6 Å². The maximum atomic E-state index is 14.5. The van der Waals surface area contributed by atoms with Crippen LogP contribution >= 0.6 is 11.6 Å². The normalized spacial score (nSPS) is 12.1. The summed E-state index contributed by atoms with van der Waals surface area (Å²) in [5.74, 6) is -0.853. The number of halogens is 1. The molecule has 0 fully saturated rings. The average Bonchev–Trinajstić information content (AvgIpc) is 2.97. The van der Waals surface area contributed by atoms with Gasteiger partial charge in [-0.1, -0.05) is 77.8 Å². The van der Waals surface area contributed by atoms with E-state index in [0.29, 0.717) is 16.3 Å². The lowest BCUT2D eigenvalue weighted by molar-refractivity contribution is -0.140. The van der Waals surface area contributed by atoms with Crippen molar-refractivity contribution in [3.63, 3.8) is 0 Å². The Morgan fingerprint density at radius 3 is 2.00 bits per heavy atom. The molecular weight excluding hydrogens is 606 g/mol. The van der Waals surface area contributed by atoms with Gasteiger partial charge in [-0.15, -0.1) is 0 Å². The van der Waals surface area contributed by atoms with E-state index in [1.807, 2.05) is 77.1 Å². The van der Waals surface area contributed by atoms with Crippen LogP contribution in [0, 0.1) is 20.8 Å². The molecule has 45 heavy (non-hydrogen) atoms. The first-order valence-electron chi connectivity index (χ1n) is 14.9. The highest BCUT2D eigenvalue weighted by Gasteiger charge is 2.35. The molecule has 4 rings (SSSR count). The molecule has 2 amide bonds. The Hall–Kier alpha value is -4.14. The minimum absolute atomic E-state index is 0.0493. The number of anilines is 1. The molecule has 0 bridgehead atoms. The van der Waals surface area contributed by atoms with Crippen LogP contribution in [0.5, 0.6) is 0 Å². The van der Waals surface area contributed by atoms with Gasteiger partial charge in [-0.25, -0.2) is 8.42 Å². The number of hydrogen-bond donors (Lipinski definition) is 1. The highest BCUT2D eigenvalue weighted by atomic mass is 35.5. The number of sulfonamides is 1. The number of aryl methyl sites for hydroxylation is 3. The van der Waals surface area contributed by atoms with Crippen molar-refractivity contribution in [2.24, 2.45) is 0 Å². The minimum Gasteiger partial charge on any atom is -0.352 e. The predicted octanol–water partition coefficient (Wildman–Crippen LogP) is 6.63. The lowest BCUT2D eigenvalue weighted by Gasteiger charge is -2.34. The molecule has 4 aromatic carbocycles. The molecule has 0 spiro atoms. The van der Waals surface area contributed by atoms with Gasteiger partial charge in [-0.2, -0.15) is 0 Å². The Morgan fingerprint density at radius 1 is 0.778 bits per heavy atom. The molecule has 0 saturated heterocycles. The van der Waals surface area contributed by atoms with Crippen LogP contribution in [0.2, 0.25) is 5.02 Å². The first-order chi connectivity index (χ1) is 21.3. The van der Waals surface area contributed by atoms with Crippen LogP contribution in [0.1, 0.15) is 41.7 Å². The maximum absolute atomic E-state index is 14.5. The van der Waals surface area contributed by atoms with Crippen molar-refractivity contribution in [2.75, 3.05) is 10.8 Å². The molecule has 0 aliphatic carbocycles. The quantitative estimate of drug-likeness (QED) is 0.188. The van der Waals surface area contributed by atoms with Gasteiger partial charge in [0.1, 0.15) is 12.6 Å². The predicted molar refractivity (Wildman–Crippen MR) is 181 cm³/mol. The summed E-state index contributed by atoms with van der Waals surface area (Å²) >= 11 is 6.31. The smallest absolute Gasteiger partial charge is 0.264 e. The van der Waals surface area contributed by atoms with Gasteiger partial charge in [0, 0.05) is 24.0 Å². The van der Waals surface area contributed by atoms with Crippen molar-refractivity contribution in [3.8, 4) is 0 Å². The first-order valence-corrected chi connectivity index (χ1v) is 16.7. The van der Waals surface area contributed by atoms with E-state index in [1.165, 1.54) is 4.90 Å². The van der Waals surface area contributed by atoms with Gasteiger partial charge >= 0.3 is 0 Å². The van der Waals surface area contributed by atoms with Gasteiger partial charge in [0.05, 0.1) is 10.6 Å². The van der Waals surface area contributed by atoms with E-state index < -0.39 is 28.5 Å². The summed E-state index contributed by atoms with van der Waals surface area (Å²) in [5, 5.41) is 3.46. The van der Waals surface area contributed by atoms with Crippen LogP contribution in [0.4, 0.5) is 5.69 Å². The van der Waals surface area contributed by atoms with Gasteiger partial charge in [0.15, 0.2) is 0 Å². The molecule has 0 saturated carbocycles. The summed E-state index contributed by atoms with van der Waals surface area (Å²) in [5.41, 5.74) is 4.58. The Labute approximate surface area is 271 Å². The Bertz CT molecular complexity index is 1720. The largest absolute Gasteiger partial charge is 0.352 e. The van der Waals surface area contributed by atoms with E-state index >= 15 is 0 Å². The standard InChI is InChI=1S/C36H40ClN3O4S/c1-25(2)38-36(42)34(22-29-10-7-6-8-11-29)39(23-30-12-9-13-31(37)21-30)35(41)24-40(32-19-27(4)18-28(5)20-32)45(43,44)33-16-14-26(3)15-17-33/h6-21,25,34H,22-24H2,1-5H3,(H,38,42)/t34-/m0/s1. The fourth-order valence-corrected chi connectivity index (χ4v) is 6.84. The molecule has 9 heteroatoms. The molecular formula is C36H40ClN3O4S. The summed E-state index contributed by atoms with van der Waals surface area (Å²) in [4.78, 5) is 29.9. The second kappa shape index (κ2) is 14.8. The molecule has 1 atom stereocenters. The topological polar surface area (TPSA) is 86.8 Å². The van der Waals surface area contributed by atoms with Crippen molar-refractivity contribution in [3.05, 3.63) is 130 Å². The summed E-state index contributed by atoms with van der Waals surface area (Å²) < 4.78 is 29.6. The van der Waals surface area contributed by atoms with Crippen molar-refractivity contribution in [1.29, 1.82) is 0 Å². The molecule has 0 unspecified atom stereocenters. The summed E-state index contributed by atoms with van der Waals surface area (Å²) in [7, 11) is -4.17. The number of amides is 2. The number of nitrogens with one attached hydrogen (secondary N) is 1. The van der Waals surface area contributed by atoms with Crippen molar-refractivity contribution < 1.29 is 18.0 Å². The Balaban J connectivity index is 1.83. The summed E-state index contributed by atoms with van der Waals surface area (Å²) in [6, 6.07) is 27.4. The number of carbonyl (C=O) groups excluding carboxylic acids is 2. The fourth-order valence-electron chi connectivity index (χ4n) is 5.23. The third-order valence-corrected chi connectivity index (χ3v) is 9.35. The lowest BCUT2D eigenvalue weighted by atomic mass is 10.0. The monoisotopic (exact) mass is 645 g/mol. The van der Waals surface area contributed by atoms with E-state index in [-0.39, 0.29) is 29.8 Å².